The number of nitrogen functional groups attached to an aromatic ring is 1. The minimum atomic E-state index is -0.781. The summed E-state index contributed by atoms with van der Waals surface area (Å²) >= 11 is 0. The molecule has 3 heteroatoms. The molecule has 1 atom stereocenters. The normalized spacial score (nSPS) is 10.9. The van der Waals surface area contributed by atoms with Gasteiger partial charge in [-0.1, -0.05) is 48.5 Å². The Bertz CT molecular complexity index is 468. The van der Waals surface area contributed by atoms with E-state index in [0.29, 0.717) is 0 Å². The van der Waals surface area contributed by atoms with Crippen molar-refractivity contribution in [3.8, 4) is 0 Å². The van der Waals surface area contributed by atoms with Gasteiger partial charge in [0.15, 0.2) is 0 Å². The summed E-state index contributed by atoms with van der Waals surface area (Å²) in [5.74, 6) is -1.19. The molecule has 0 spiro atoms. The third-order valence-corrected chi connectivity index (χ3v) is 2.47. The Labute approximate surface area is 107 Å². The fourth-order valence-corrected chi connectivity index (χ4v) is 1.34. The Morgan fingerprint density at radius 1 is 1.00 bits per heavy atom. The second kappa shape index (κ2) is 7.12. The number of para-hydroxylation sites is 1. The van der Waals surface area contributed by atoms with Crippen LogP contribution in [0.5, 0.6) is 0 Å². The van der Waals surface area contributed by atoms with E-state index in [4.69, 9.17) is 10.8 Å². The van der Waals surface area contributed by atoms with Gasteiger partial charge in [-0.2, -0.15) is 0 Å². The lowest BCUT2D eigenvalue weighted by Crippen LogP contribution is -2.06. The molecule has 3 N–H and O–H groups in total. The van der Waals surface area contributed by atoms with E-state index in [1.54, 1.807) is 6.92 Å². The Kier molecular flexibility index (Phi) is 5.45. The van der Waals surface area contributed by atoms with Gasteiger partial charge in [-0.15, -0.1) is 0 Å². The van der Waals surface area contributed by atoms with Gasteiger partial charge in [-0.25, -0.2) is 0 Å². The standard InChI is InChI=1S/C9H10O2.C6H7N/c1-7(9(10)11)8-5-3-2-4-6-8;7-6-4-2-1-3-5-6/h2-7H,1H3,(H,10,11);1-5H,7H2. The van der Waals surface area contributed by atoms with Gasteiger partial charge < -0.3 is 10.8 Å². The number of nitrogens with two attached hydrogens (primary N) is 1. The number of benzene rings is 2. The summed E-state index contributed by atoms with van der Waals surface area (Å²) < 4.78 is 0. The quantitative estimate of drug-likeness (QED) is 0.796. The van der Waals surface area contributed by atoms with E-state index in [9.17, 15) is 4.79 Å². The molecule has 0 fully saturated rings. The Morgan fingerprint density at radius 3 is 1.78 bits per heavy atom. The first kappa shape index (κ1) is 13.8. The summed E-state index contributed by atoms with van der Waals surface area (Å²) in [4.78, 5) is 10.5. The molecule has 3 nitrogen and oxygen atoms in total. The van der Waals surface area contributed by atoms with Crippen molar-refractivity contribution in [2.75, 3.05) is 5.73 Å². The molecule has 0 saturated heterocycles. The van der Waals surface area contributed by atoms with Crippen LogP contribution in [0.4, 0.5) is 5.69 Å². The van der Waals surface area contributed by atoms with Crippen LogP contribution in [0.25, 0.3) is 0 Å². The predicted molar refractivity (Wildman–Crippen MR) is 73.3 cm³/mol. The summed E-state index contributed by atoms with van der Waals surface area (Å²) in [6.07, 6.45) is 0. The molecule has 94 valence electrons. The molecule has 0 aliphatic heterocycles. The van der Waals surface area contributed by atoms with Crippen LogP contribution in [0.3, 0.4) is 0 Å². The molecule has 0 aromatic heterocycles. The summed E-state index contributed by atoms with van der Waals surface area (Å²) in [6.45, 7) is 1.68. The highest BCUT2D eigenvalue weighted by molar-refractivity contribution is 5.75. The molecule has 1 unspecified atom stereocenters. The molecule has 2 aromatic carbocycles. The Balaban J connectivity index is 0.000000199. The predicted octanol–water partition coefficient (Wildman–Crippen LogP) is 3.14. The number of carbonyl (C=O) groups is 1. The molecule has 2 rings (SSSR count). The van der Waals surface area contributed by atoms with E-state index in [1.165, 1.54) is 0 Å². The molecular formula is C15H17NO2. The summed E-state index contributed by atoms with van der Waals surface area (Å²) in [6, 6.07) is 18.7. The molecule has 0 amide bonds. The van der Waals surface area contributed by atoms with Crippen molar-refractivity contribution in [2.24, 2.45) is 0 Å². The third-order valence-electron chi connectivity index (χ3n) is 2.47. The first-order valence-corrected chi connectivity index (χ1v) is 5.69. The number of anilines is 1. The van der Waals surface area contributed by atoms with Crippen molar-refractivity contribution in [3.63, 3.8) is 0 Å². The Hall–Kier alpha value is -2.29. The van der Waals surface area contributed by atoms with E-state index in [-0.39, 0.29) is 0 Å². The van der Waals surface area contributed by atoms with Crippen molar-refractivity contribution < 1.29 is 9.90 Å². The SMILES string of the molecule is CC(C(=O)O)c1ccccc1.Nc1ccccc1. The van der Waals surface area contributed by atoms with Crippen molar-refractivity contribution >= 4 is 11.7 Å². The van der Waals surface area contributed by atoms with Gasteiger partial charge >= 0.3 is 5.97 Å². The average Bonchev–Trinajstić information content (AvgIpc) is 2.40. The van der Waals surface area contributed by atoms with Crippen molar-refractivity contribution in [2.45, 2.75) is 12.8 Å². The molecule has 18 heavy (non-hydrogen) atoms. The number of rotatable bonds is 2. The molecule has 0 bridgehead atoms. The zero-order valence-corrected chi connectivity index (χ0v) is 10.3. The lowest BCUT2D eigenvalue weighted by atomic mass is 10.0. The zero-order chi connectivity index (χ0) is 13.4. The van der Waals surface area contributed by atoms with Crippen LogP contribution in [0.2, 0.25) is 0 Å². The van der Waals surface area contributed by atoms with Gasteiger partial charge in [-0.05, 0) is 24.6 Å². The molecule has 2 aromatic rings. The second-order valence-electron chi connectivity index (χ2n) is 3.88. The van der Waals surface area contributed by atoms with E-state index < -0.39 is 11.9 Å². The highest BCUT2D eigenvalue weighted by Gasteiger charge is 2.11. The van der Waals surface area contributed by atoms with E-state index in [1.807, 2.05) is 60.7 Å². The maximum Gasteiger partial charge on any atom is 0.310 e. The minimum Gasteiger partial charge on any atom is -0.481 e. The van der Waals surface area contributed by atoms with Crippen LogP contribution >= 0.6 is 0 Å². The van der Waals surface area contributed by atoms with Crippen LogP contribution in [-0.2, 0) is 4.79 Å². The first-order chi connectivity index (χ1) is 8.61. The van der Waals surface area contributed by atoms with Crippen LogP contribution in [0, 0.1) is 0 Å². The van der Waals surface area contributed by atoms with Gasteiger partial charge in [0.25, 0.3) is 0 Å². The fraction of sp³-hybridized carbons (Fsp3) is 0.133. The third kappa shape index (κ3) is 4.70. The van der Waals surface area contributed by atoms with E-state index in [0.717, 1.165) is 11.3 Å². The number of hydrogen-bond acceptors (Lipinski definition) is 2. The van der Waals surface area contributed by atoms with E-state index in [2.05, 4.69) is 0 Å². The molecule has 0 heterocycles. The largest absolute Gasteiger partial charge is 0.481 e. The lowest BCUT2D eigenvalue weighted by Gasteiger charge is -2.04. The van der Waals surface area contributed by atoms with E-state index >= 15 is 0 Å². The van der Waals surface area contributed by atoms with Crippen molar-refractivity contribution in [3.05, 3.63) is 66.2 Å². The van der Waals surface area contributed by atoms with Gasteiger partial charge in [0.05, 0.1) is 5.92 Å². The molecular weight excluding hydrogens is 226 g/mol. The monoisotopic (exact) mass is 243 g/mol. The van der Waals surface area contributed by atoms with Gasteiger partial charge in [0.2, 0.25) is 0 Å². The van der Waals surface area contributed by atoms with Crippen molar-refractivity contribution in [1.82, 2.24) is 0 Å². The van der Waals surface area contributed by atoms with Gasteiger partial charge in [-0.3, -0.25) is 4.79 Å². The molecule has 0 aliphatic carbocycles. The number of hydrogen-bond donors (Lipinski definition) is 2. The minimum absolute atomic E-state index is 0.406. The zero-order valence-electron chi connectivity index (χ0n) is 10.3. The smallest absolute Gasteiger partial charge is 0.310 e. The summed E-state index contributed by atoms with van der Waals surface area (Å²) in [5.41, 5.74) is 7.03. The Morgan fingerprint density at radius 2 is 1.44 bits per heavy atom. The average molecular weight is 243 g/mol. The number of aliphatic carboxylic acids is 1. The molecule has 0 saturated carbocycles. The molecule has 0 radical (unpaired) electrons. The van der Waals surface area contributed by atoms with Crippen LogP contribution < -0.4 is 5.73 Å². The summed E-state index contributed by atoms with van der Waals surface area (Å²) in [5, 5.41) is 8.64. The highest BCUT2D eigenvalue weighted by Crippen LogP contribution is 2.13. The number of carboxylic acids is 1. The van der Waals surface area contributed by atoms with Gasteiger partial charge in [0.1, 0.15) is 0 Å². The topological polar surface area (TPSA) is 63.3 Å². The van der Waals surface area contributed by atoms with Crippen LogP contribution in [-0.4, -0.2) is 11.1 Å². The number of carboxylic acid groups (broad SMARTS) is 1. The van der Waals surface area contributed by atoms with Crippen LogP contribution in [0.1, 0.15) is 18.4 Å². The first-order valence-electron chi connectivity index (χ1n) is 5.69. The maximum atomic E-state index is 10.5. The highest BCUT2D eigenvalue weighted by atomic mass is 16.4. The molecule has 0 aliphatic rings. The van der Waals surface area contributed by atoms with Gasteiger partial charge in [0, 0.05) is 5.69 Å². The maximum absolute atomic E-state index is 10.5. The summed E-state index contributed by atoms with van der Waals surface area (Å²) in [7, 11) is 0. The van der Waals surface area contributed by atoms with Crippen LogP contribution in [0.15, 0.2) is 60.7 Å². The van der Waals surface area contributed by atoms with Crippen molar-refractivity contribution in [1.29, 1.82) is 0 Å². The second-order valence-corrected chi connectivity index (χ2v) is 3.88. The lowest BCUT2D eigenvalue weighted by molar-refractivity contribution is -0.138. The fourth-order valence-electron chi connectivity index (χ4n) is 1.34.